The highest BCUT2D eigenvalue weighted by atomic mass is 32.1. The summed E-state index contributed by atoms with van der Waals surface area (Å²) in [5.74, 6) is 0. The highest BCUT2D eigenvalue weighted by Crippen LogP contribution is 2.49. The van der Waals surface area contributed by atoms with Crippen LogP contribution in [0, 0.1) is 6.92 Å². The molecule has 0 amide bonds. The molecule has 8 aromatic carbocycles. The smallest absolute Gasteiger partial charge is 0.0434 e. The summed E-state index contributed by atoms with van der Waals surface area (Å²) in [6.45, 7) is 2.21. The Labute approximate surface area is 248 Å². The van der Waals surface area contributed by atoms with Crippen LogP contribution in [-0.2, 0) is 0 Å². The monoisotopic (exact) mass is 550 g/mol. The van der Waals surface area contributed by atoms with Crippen molar-refractivity contribution in [3.63, 3.8) is 0 Å². The lowest BCUT2D eigenvalue weighted by Crippen LogP contribution is -1.93. The van der Waals surface area contributed by atoms with Crippen LogP contribution in [0.25, 0.3) is 85.5 Å². The standard InChI is InChI=1S/C41H26S/c1-25-21-22-33-36(23-25)40(35-19-10-18-34-30-15-8-9-20-38(30)42-41(34)35)32-17-7-6-16-31(32)39(33)37-24-26-11-2-3-12-27(26)28-13-4-5-14-29(28)37/h2-24H,1H3. The second-order valence-corrected chi connectivity index (χ2v) is 12.4. The van der Waals surface area contributed by atoms with Gasteiger partial charge in [-0.3, -0.25) is 0 Å². The van der Waals surface area contributed by atoms with E-state index in [4.69, 9.17) is 0 Å². The largest absolute Gasteiger partial charge is 0.135 e. The molecule has 0 unspecified atom stereocenters. The summed E-state index contributed by atoms with van der Waals surface area (Å²) >= 11 is 1.91. The van der Waals surface area contributed by atoms with E-state index in [1.165, 1.54) is 91.1 Å². The van der Waals surface area contributed by atoms with Crippen molar-refractivity contribution in [2.24, 2.45) is 0 Å². The Hall–Kier alpha value is -4.98. The molecule has 0 nitrogen and oxygen atoms in total. The van der Waals surface area contributed by atoms with Gasteiger partial charge in [0.1, 0.15) is 0 Å². The molecule has 0 N–H and O–H groups in total. The van der Waals surface area contributed by atoms with Crippen molar-refractivity contribution < 1.29 is 0 Å². The van der Waals surface area contributed by atoms with Crippen molar-refractivity contribution in [3.8, 4) is 22.3 Å². The number of fused-ring (bicyclic) bond motifs is 8. The minimum atomic E-state index is 1.27. The van der Waals surface area contributed by atoms with Crippen molar-refractivity contribution >= 4 is 74.6 Å². The minimum absolute atomic E-state index is 1.27. The fourth-order valence-electron chi connectivity index (χ4n) is 7.08. The third-order valence-electron chi connectivity index (χ3n) is 8.89. The number of benzene rings is 8. The quantitative estimate of drug-likeness (QED) is 0.148. The van der Waals surface area contributed by atoms with Gasteiger partial charge in [0.2, 0.25) is 0 Å². The van der Waals surface area contributed by atoms with Gasteiger partial charge < -0.3 is 0 Å². The maximum absolute atomic E-state index is 2.41. The predicted octanol–water partition coefficient (Wildman–Crippen LogP) is 12.3. The van der Waals surface area contributed by atoms with Crippen LogP contribution in [0.15, 0.2) is 140 Å². The number of aryl methyl sites for hydroxylation is 1. The second kappa shape index (κ2) is 9.01. The molecular formula is C41H26S. The second-order valence-electron chi connectivity index (χ2n) is 11.3. The Bertz CT molecular complexity index is 2530. The lowest BCUT2D eigenvalue weighted by molar-refractivity contribution is 1.51. The molecule has 0 spiro atoms. The van der Waals surface area contributed by atoms with E-state index in [9.17, 15) is 0 Å². The lowest BCUT2D eigenvalue weighted by Gasteiger charge is -2.20. The zero-order valence-corrected chi connectivity index (χ0v) is 24.0. The van der Waals surface area contributed by atoms with Gasteiger partial charge in [0, 0.05) is 25.7 Å². The van der Waals surface area contributed by atoms with Gasteiger partial charge in [0.05, 0.1) is 0 Å². The predicted molar refractivity (Wildman–Crippen MR) is 185 cm³/mol. The molecule has 0 saturated carbocycles. The Kier molecular flexibility index (Phi) is 5.08. The summed E-state index contributed by atoms with van der Waals surface area (Å²) in [6.07, 6.45) is 0. The zero-order chi connectivity index (χ0) is 27.8. The van der Waals surface area contributed by atoms with Crippen molar-refractivity contribution in [2.45, 2.75) is 6.92 Å². The summed E-state index contributed by atoms with van der Waals surface area (Å²) in [6, 6.07) is 51.8. The van der Waals surface area contributed by atoms with Crippen molar-refractivity contribution in [3.05, 3.63) is 145 Å². The van der Waals surface area contributed by atoms with E-state index in [-0.39, 0.29) is 0 Å². The van der Waals surface area contributed by atoms with Crippen LogP contribution in [0.1, 0.15) is 5.56 Å². The average Bonchev–Trinajstić information content (AvgIpc) is 3.43. The van der Waals surface area contributed by atoms with Gasteiger partial charge in [0.15, 0.2) is 0 Å². The molecule has 0 aliphatic heterocycles. The zero-order valence-electron chi connectivity index (χ0n) is 23.2. The van der Waals surface area contributed by atoms with Gasteiger partial charge in [-0.2, -0.15) is 0 Å². The summed E-state index contributed by atoms with van der Waals surface area (Å²) in [5.41, 5.74) is 6.53. The van der Waals surface area contributed by atoms with Gasteiger partial charge in [-0.05, 0) is 78.8 Å². The summed E-state index contributed by atoms with van der Waals surface area (Å²) < 4.78 is 2.69. The average molecular weight is 551 g/mol. The van der Waals surface area contributed by atoms with Crippen LogP contribution in [-0.4, -0.2) is 0 Å². The fraction of sp³-hybridized carbons (Fsp3) is 0.0244. The van der Waals surface area contributed by atoms with Crippen molar-refractivity contribution in [1.29, 1.82) is 0 Å². The topological polar surface area (TPSA) is 0 Å². The molecule has 1 aromatic heterocycles. The number of rotatable bonds is 2. The van der Waals surface area contributed by atoms with Gasteiger partial charge in [0.25, 0.3) is 0 Å². The summed E-state index contributed by atoms with van der Waals surface area (Å²) in [7, 11) is 0. The van der Waals surface area contributed by atoms with E-state index in [1.54, 1.807) is 0 Å². The van der Waals surface area contributed by atoms with Crippen molar-refractivity contribution in [2.75, 3.05) is 0 Å². The highest BCUT2D eigenvalue weighted by molar-refractivity contribution is 7.26. The molecule has 1 heterocycles. The Balaban J connectivity index is 1.49. The summed E-state index contributed by atoms with van der Waals surface area (Å²) in [4.78, 5) is 0. The SMILES string of the molecule is Cc1ccc2c(-c3cc4ccccc4c4ccccc34)c3ccccc3c(-c3cccc4c3sc3ccccc34)c2c1. The van der Waals surface area contributed by atoms with Crippen LogP contribution in [0.4, 0.5) is 0 Å². The lowest BCUT2D eigenvalue weighted by atomic mass is 9.83. The molecule has 1 heteroatoms. The summed E-state index contributed by atoms with van der Waals surface area (Å²) in [5, 5.41) is 13.0. The number of thiophene rings is 1. The van der Waals surface area contributed by atoms with Gasteiger partial charge in [-0.15, -0.1) is 11.3 Å². The molecule has 42 heavy (non-hydrogen) atoms. The molecule has 0 fully saturated rings. The molecular weight excluding hydrogens is 525 g/mol. The molecule has 196 valence electrons. The van der Waals surface area contributed by atoms with E-state index >= 15 is 0 Å². The van der Waals surface area contributed by atoms with Gasteiger partial charge in [-0.25, -0.2) is 0 Å². The van der Waals surface area contributed by atoms with E-state index < -0.39 is 0 Å². The minimum Gasteiger partial charge on any atom is -0.135 e. The first-order valence-corrected chi connectivity index (χ1v) is 15.3. The van der Waals surface area contributed by atoms with Crippen molar-refractivity contribution in [1.82, 2.24) is 0 Å². The molecule has 0 atom stereocenters. The molecule has 0 aliphatic rings. The first-order valence-electron chi connectivity index (χ1n) is 14.5. The van der Waals surface area contributed by atoms with E-state index in [0.717, 1.165) is 0 Å². The van der Waals surface area contributed by atoms with Gasteiger partial charge >= 0.3 is 0 Å². The van der Waals surface area contributed by atoms with Crippen LogP contribution >= 0.6 is 11.3 Å². The first-order chi connectivity index (χ1) is 20.8. The maximum atomic E-state index is 2.41. The number of hydrogen-bond donors (Lipinski definition) is 0. The molecule has 0 saturated heterocycles. The van der Waals surface area contributed by atoms with Crippen LogP contribution in [0.3, 0.4) is 0 Å². The maximum Gasteiger partial charge on any atom is 0.0434 e. The molecule has 0 aliphatic carbocycles. The van der Waals surface area contributed by atoms with E-state index in [2.05, 4.69) is 146 Å². The Morgan fingerprint density at radius 2 is 0.976 bits per heavy atom. The van der Waals surface area contributed by atoms with E-state index in [1.807, 2.05) is 11.3 Å². The Morgan fingerprint density at radius 3 is 1.79 bits per heavy atom. The fourth-order valence-corrected chi connectivity index (χ4v) is 8.30. The third-order valence-corrected chi connectivity index (χ3v) is 10.1. The molecule has 0 bridgehead atoms. The third kappa shape index (κ3) is 3.35. The van der Waals surface area contributed by atoms with E-state index in [0.29, 0.717) is 0 Å². The normalized spacial score (nSPS) is 11.9. The first kappa shape index (κ1) is 23.7. The van der Waals surface area contributed by atoms with Crippen LogP contribution < -0.4 is 0 Å². The molecule has 0 radical (unpaired) electrons. The van der Waals surface area contributed by atoms with Gasteiger partial charge in [-0.1, -0.05) is 133 Å². The molecule has 9 rings (SSSR count). The molecule has 9 aromatic rings. The van der Waals surface area contributed by atoms with Crippen LogP contribution in [0.2, 0.25) is 0 Å². The van der Waals surface area contributed by atoms with Crippen LogP contribution in [0.5, 0.6) is 0 Å². The Morgan fingerprint density at radius 1 is 0.381 bits per heavy atom. The number of hydrogen-bond acceptors (Lipinski definition) is 1. The highest BCUT2D eigenvalue weighted by Gasteiger charge is 2.21.